The predicted octanol–water partition coefficient (Wildman–Crippen LogP) is 2.02. The normalized spacial score (nSPS) is 20.6. The first-order valence-electron chi connectivity index (χ1n) is 6.97. The molecule has 0 spiro atoms. The van der Waals surface area contributed by atoms with Crippen molar-refractivity contribution in [1.82, 2.24) is 14.5 Å². The van der Waals surface area contributed by atoms with Crippen molar-refractivity contribution in [3.8, 4) is 0 Å². The van der Waals surface area contributed by atoms with Gasteiger partial charge in [0, 0.05) is 19.0 Å². The van der Waals surface area contributed by atoms with Crippen molar-refractivity contribution in [3.05, 3.63) is 29.3 Å². The van der Waals surface area contributed by atoms with E-state index < -0.39 is 16.1 Å². The van der Waals surface area contributed by atoms with Crippen LogP contribution in [0.2, 0.25) is 0 Å². The van der Waals surface area contributed by atoms with E-state index in [0.717, 1.165) is 0 Å². The van der Waals surface area contributed by atoms with Gasteiger partial charge in [-0.05, 0) is 11.4 Å². The Morgan fingerprint density at radius 1 is 1.41 bits per heavy atom. The van der Waals surface area contributed by atoms with E-state index in [1.54, 1.807) is 17.5 Å². The Morgan fingerprint density at radius 3 is 2.86 bits per heavy atom. The summed E-state index contributed by atoms with van der Waals surface area (Å²) >= 11 is 1.21. The van der Waals surface area contributed by atoms with Gasteiger partial charge in [-0.1, -0.05) is 19.9 Å². The summed E-state index contributed by atoms with van der Waals surface area (Å²) in [6, 6.07) is 3.33. The number of rotatable bonds is 4. The fourth-order valence-corrected chi connectivity index (χ4v) is 4.71. The SMILES string of the molecule is CC(C)c1nnc(C2CN(S(=O)(=O)c3cccs3)CCO2)o1. The third kappa shape index (κ3) is 2.94. The minimum atomic E-state index is -3.49. The van der Waals surface area contributed by atoms with Gasteiger partial charge in [0.1, 0.15) is 10.3 Å². The monoisotopic (exact) mass is 343 g/mol. The van der Waals surface area contributed by atoms with Crippen molar-refractivity contribution in [2.45, 2.75) is 30.1 Å². The summed E-state index contributed by atoms with van der Waals surface area (Å²) in [5, 5.41) is 9.69. The third-order valence-corrected chi connectivity index (χ3v) is 6.58. The molecule has 1 fully saturated rings. The molecule has 0 aromatic carbocycles. The van der Waals surface area contributed by atoms with Crippen molar-refractivity contribution >= 4 is 21.4 Å². The lowest BCUT2D eigenvalue weighted by Gasteiger charge is -2.29. The van der Waals surface area contributed by atoms with Gasteiger partial charge in [0.2, 0.25) is 11.8 Å². The summed E-state index contributed by atoms with van der Waals surface area (Å²) in [5.41, 5.74) is 0. The van der Waals surface area contributed by atoms with E-state index >= 15 is 0 Å². The first-order chi connectivity index (χ1) is 10.5. The molecule has 1 aliphatic heterocycles. The van der Waals surface area contributed by atoms with E-state index in [1.165, 1.54) is 15.6 Å². The highest BCUT2D eigenvalue weighted by molar-refractivity contribution is 7.91. The Kier molecular flexibility index (Phi) is 4.31. The third-order valence-electron chi connectivity index (χ3n) is 3.34. The smallest absolute Gasteiger partial charge is 0.252 e. The molecule has 120 valence electrons. The molecule has 0 amide bonds. The number of nitrogens with zero attached hydrogens (tertiary/aromatic N) is 3. The van der Waals surface area contributed by atoms with Crippen molar-refractivity contribution in [3.63, 3.8) is 0 Å². The number of hydrogen-bond donors (Lipinski definition) is 0. The molecule has 2 aromatic rings. The van der Waals surface area contributed by atoms with Gasteiger partial charge >= 0.3 is 0 Å². The topological polar surface area (TPSA) is 85.5 Å². The van der Waals surface area contributed by atoms with Gasteiger partial charge in [0.05, 0.1) is 6.61 Å². The van der Waals surface area contributed by atoms with Gasteiger partial charge in [-0.25, -0.2) is 8.42 Å². The van der Waals surface area contributed by atoms with Crippen LogP contribution in [0.4, 0.5) is 0 Å². The molecule has 0 N–H and O–H groups in total. The first-order valence-corrected chi connectivity index (χ1v) is 9.29. The Balaban J connectivity index is 1.79. The van der Waals surface area contributed by atoms with E-state index in [0.29, 0.717) is 29.1 Å². The van der Waals surface area contributed by atoms with Crippen LogP contribution in [-0.2, 0) is 14.8 Å². The molecule has 3 heterocycles. The minimum absolute atomic E-state index is 0.121. The van der Waals surface area contributed by atoms with Gasteiger partial charge in [0.15, 0.2) is 0 Å². The molecule has 1 saturated heterocycles. The van der Waals surface area contributed by atoms with Gasteiger partial charge in [-0.3, -0.25) is 0 Å². The van der Waals surface area contributed by atoms with Gasteiger partial charge in [0.25, 0.3) is 10.0 Å². The summed E-state index contributed by atoms with van der Waals surface area (Å²) in [7, 11) is -3.49. The summed E-state index contributed by atoms with van der Waals surface area (Å²) in [6.07, 6.45) is -0.525. The lowest BCUT2D eigenvalue weighted by atomic mass is 10.2. The Hall–Kier alpha value is -1.29. The zero-order chi connectivity index (χ0) is 15.7. The summed E-state index contributed by atoms with van der Waals surface area (Å²) in [5.74, 6) is 0.974. The molecule has 0 saturated carbocycles. The molecule has 9 heteroatoms. The number of sulfonamides is 1. The van der Waals surface area contributed by atoms with E-state index in [4.69, 9.17) is 9.15 Å². The Morgan fingerprint density at radius 2 is 2.23 bits per heavy atom. The second-order valence-electron chi connectivity index (χ2n) is 5.29. The standard InChI is InChI=1S/C13H17N3O4S2/c1-9(2)12-14-15-13(20-12)10-8-16(5-6-19-10)22(17,18)11-4-3-7-21-11/h3-4,7,9-10H,5-6,8H2,1-2H3. The van der Waals surface area contributed by atoms with E-state index in [-0.39, 0.29) is 12.5 Å². The van der Waals surface area contributed by atoms with Crippen LogP contribution in [0.5, 0.6) is 0 Å². The van der Waals surface area contributed by atoms with Crippen LogP contribution in [0.1, 0.15) is 37.7 Å². The number of ether oxygens (including phenoxy) is 1. The van der Waals surface area contributed by atoms with Crippen molar-refractivity contribution in [2.24, 2.45) is 0 Å². The molecule has 1 atom stereocenters. The van der Waals surface area contributed by atoms with Gasteiger partial charge in [-0.2, -0.15) is 4.31 Å². The predicted molar refractivity (Wildman–Crippen MR) is 80.2 cm³/mol. The quantitative estimate of drug-likeness (QED) is 0.844. The maximum Gasteiger partial charge on any atom is 0.252 e. The minimum Gasteiger partial charge on any atom is -0.422 e. The summed E-state index contributed by atoms with van der Waals surface area (Å²) in [6.45, 7) is 4.70. The zero-order valence-electron chi connectivity index (χ0n) is 12.3. The van der Waals surface area contributed by atoms with Crippen LogP contribution < -0.4 is 0 Å². The number of morpholine rings is 1. The van der Waals surface area contributed by atoms with Crippen LogP contribution >= 0.6 is 11.3 Å². The maximum atomic E-state index is 12.6. The largest absolute Gasteiger partial charge is 0.422 e. The summed E-state index contributed by atoms with van der Waals surface area (Å²) < 4.78 is 38.0. The molecular weight excluding hydrogens is 326 g/mol. The van der Waals surface area contributed by atoms with Crippen LogP contribution in [0, 0.1) is 0 Å². The average Bonchev–Trinajstić information content (AvgIpc) is 3.19. The number of hydrogen-bond acceptors (Lipinski definition) is 7. The van der Waals surface area contributed by atoms with E-state index in [9.17, 15) is 8.42 Å². The number of thiophene rings is 1. The molecular formula is C13H17N3O4S2. The van der Waals surface area contributed by atoms with E-state index in [2.05, 4.69) is 10.2 Å². The molecule has 3 rings (SSSR count). The fraction of sp³-hybridized carbons (Fsp3) is 0.538. The lowest BCUT2D eigenvalue weighted by Crippen LogP contribution is -2.42. The first kappa shape index (κ1) is 15.6. The van der Waals surface area contributed by atoms with Crippen molar-refractivity contribution < 1.29 is 17.6 Å². The van der Waals surface area contributed by atoms with Crippen LogP contribution in [0.15, 0.2) is 26.1 Å². The zero-order valence-corrected chi connectivity index (χ0v) is 13.9. The Labute approximate surface area is 133 Å². The second-order valence-corrected chi connectivity index (χ2v) is 8.40. The van der Waals surface area contributed by atoms with Gasteiger partial charge < -0.3 is 9.15 Å². The summed E-state index contributed by atoms with van der Waals surface area (Å²) in [4.78, 5) is 0. The number of aromatic nitrogens is 2. The molecule has 0 bridgehead atoms. The molecule has 2 aromatic heterocycles. The van der Waals surface area contributed by atoms with Gasteiger partial charge in [-0.15, -0.1) is 21.5 Å². The average molecular weight is 343 g/mol. The molecule has 0 radical (unpaired) electrons. The van der Waals surface area contributed by atoms with E-state index in [1.807, 2.05) is 13.8 Å². The highest BCUT2D eigenvalue weighted by atomic mass is 32.2. The molecule has 0 aliphatic carbocycles. The lowest BCUT2D eigenvalue weighted by molar-refractivity contribution is -0.0178. The van der Waals surface area contributed by atoms with Crippen LogP contribution in [0.3, 0.4) is 0 Å². The highest BCUT2D eigenvalue weighted by Crippen LogP contribution is 2.28. The van der Waals surface area contributed by atoms with Crippen LogP contribution in [-0.4, -0.2) is 42.6 Å². The highest BCUT2D eigenvalue weighted by Gasteiger charge is 2.34. The maximum absolute atomic E-state index is 12.6. The molecule has 1 unspecified atom stereocenters. The second kappa shape index (κ2) is 6.07. The fourth-order valence-electron chi connectivity index (χ4n) is 2.14. The molecule has 22 heavy (non-hydrogen) atoms. The molecule has 1 aliphatic rings. The molecule has 7 nitrogen and oxygen atoms in total. The van der Waals surface area contributed by atoms with Crippen molar-refractivity contribution in [1.29, 1.82) is 0 Å². The van der Waals surface area contributed by atoms with Crippen molar-refractivity contribution in [2.75, 3.05) is 19.7 Å². The Bertz CT molecular complexity index is 724. The van der Waals surface area contributed by atoms with Crippen LogP contribution in [0.25, 0.3) is 0 Å².